The molecule has 8 aromatic rings. The van der Waals surface area contributed by atoms with Gasteiger partial charge in [-0.25, -0.2) is 0 Å². The van der Waals surface area contributed by atoms with Crippen molar-refractivity contribution in [1.29, 1.82) is 0 Å². The van der Waals surface area contributed by atoms with Crippen molar-refractivity contribution in [2.75, 3.05) is 0 Å². The van der Waals surface area contributed by atoms with Crippen LogP contribution in [0.2, 0.25) is 0 Å². The Bertz CT molecular complexity index is 2250. The van der Waals surface area contributed by atoms with Gasteiger partial charge in [-0.1, -0.05) is 135 Å². The molecule has 0 spiro atoms. The molecule has 0 radical (unpaired) electrons. The number of fused-ring (bicyclic) bond motifs is 9. The van der Waals surface area contributed by atoms with Crippen molar-refractivity contribution in [2.24, 2.45) is 0 Å². The minimum Gasteiger partial charge on any atom is -0.0616 e. The van der Waals surface area contributed by atoms with E-state index in [0.29, 0.717) is 0 Å². The lowest BCUT2D eigenvalue weighted by Crippen LogP contribution is -2.15. The van der Waals surface area contributed by atoms with Crippen molar-refractivity contribution < 1.29 is 0 Å². The topological polar surface area (TPSA) is 0 Å². The molecule has 0 heterocycles. The molecule has 0 aliphatic heterocycles. The summed E-state index contributed by atoms with van der Waals surface area (Å²) in [6, 6.07) is 54.2. The molecule has 43 heavy (non-hydrogen) atoms. The first-order valence-corrected chi connectivity index (χ1v) is 15.2. The molecule has 0 aromatic heterocycles. The lowest BCUT2D eigenvalue weighted by Gasteiger charge is -2.23. The van der Waals surface area contributed by atoms with Crippen molar-refractivity contribution in [3.05, 3.63) is 157 Å². The van der Waals surface area contributed by atoms with Crippen LogP contribution >= 0.6 is 0 Å². The third-order valence-electron chi connectivity index (χ3n) is 9.83. The van der Waals surface area contributed by atoms with E-state index in [0.717, 1.165) is 0 Å². The van der Waals surface area contributed by atoms with Crippen LogP contribution in [0, 0.1) is 0 Å². The molecule has 0 heteroatoms. The van der Waals surface area contributed by atoms with Gasteiger partial charge in [-0.15, -0.1) is 0 Å². The number of hydrogen-bond donors (Lipinski definition) is 0. The van der Waals surface area contributed by atoms with Crippen molar-refractivity contribution in [3.63, 3.8) is 0 Å². The van der Waals surface area contributed by atoms with E-state index in [1.165, 1.54) is 87.6 Å². The number of benzene rings is 8. The standard InChI is InChI=1S/C43H30/c1-43(2)41-25-29(39-23-27-11-3-5-13-31(27)33-15-7-9-17-35(33)39)19-21-37(41)38-22-20-30(26-42(38)43)40-24-28-12-4-6-14-32(28)34-16-8-10-18-36(34)40/h3-26H,1-2H3. The first-order valence-electron chi connectivity index (χ1n) is 15.2. The smallest absolute Gasteiger partial charge is 0.0159 e. The molecule has 0 amide bonds. The van der Waals surface area contributed by atoms with Gasteiger partial charge in [-0.05, 0) is 112 Å². The molecule has 1 aliphatic rings. The largest absolute Gasteiger partial charge is 0.0616 e. The molecule has 1 aliphatic carbocycles. The number of hydrogen-bond acceptors (Lipinski definition) is 0. The van der Waals surface area contributed by atoms with E-state index in [4.69, 9.17) is 0 Å². The first-order chi connectivity index (χ1) is 21.1. The molecule has 0 bridgehead atoms. The first kappa shape index (κ1) is 24.4. The van der Waals surface area contributed by atoms with E-state index >= 15 is 0 Å². The summed E-state index contributed by atoms with van der Waals surface area (Å²) in [5.74, 6) is 0. The summed E-state index contributed by atoms with van der Waals surface area (Å²) >= 11 is 0. The maximum Gasteiger partial charge on any atom is 0.0159 e. The lowest BCUT2D eigenvalue weighted by atomic mass is 9.80. The maximum absolute atomic E-state index is 2.46. The Labute approximate surface area is 251 Å². The average Bonchev–Trinajstić information content (AvgIpc) is 3.29. The fourth-order valence-corrected chi connectivity index (χ4v) is 7.66. The highest BCUT2D eigenvalue weighted by Gasteiger charge is 2.36. The molecule has 0 saturated heterocycles. The van der Waals surface area contributed by atoms with Gasteiger partial charge in [0.15, 0.2) is 0 Å². The normalized spacial score (nSPS) is 13.5. The molecule has 0 N–H and O–H groups in total. The van der Waals surface area contributed by atoms with Gasteiger partial charge >= 0.3 is 0 Å². The SMILES string of the molecule is CC1(C)c2cc(-c3cc4ccccc4c4ccccc34)ccc2-c2ccc(-c3cc4ccccc4c4ccccc34)cc21. The van der Waals surface area contributed by atoms with Gasteiger partial charge in [0, 0.05) is 5.41 Å². The van der Waals surface area contributed by atoms with Gasteiger partial charge in [-0.3, -0.25) is 0 Å². The Morgan fingerprint density at radius 1 is 0.326 bits per heavy atom. The van der Waals surface area contributed by atoms with E-state index in [-0.39, 0.29) is 5.41 Å². The number of rotatable bonds is 2. The van der Waals surface area contributed by atoms with E-state index < -0.39 is 0 Å². The van der Waals surface area contributed by atoms with Crippen LogP contribution in [0.5, 0.6) is 0 Å². The van der Waals surface area contributed by atoms with Gasteiger partial charge in [0.25, 0.3) is 0 Å². The molecular weight excluding hydrogens is 516 g/mol. The highest BCUT2D eigenvalue weighted by Crippen LogP contribution is 2.51. The highest BCUT2D eigenvalue weighted by atomic mass is 14.4. The Hall–Kier alpha value is -5.20. The summed E-state index contributed by atoms with van der Waals surface area (Å²) in [6.45, 7) is 4.78. The molecule has 0 atom stereocenters. The fraction of sp³-hybridized carbons (Fsp3) is 0.0698. The van der Waals surface area contributed by atoms with Crippen LogP contribution in [0.3, 0.4) is 0 Å². The Morgan fingerprint density at radius 2 is 0.698 bits per heavy atom. The van der Waals surface area contributed by atoms with Crippen LogP contribution in [0.25, 0.3) is 76.5 Å². The van der Waals surface area contributed by atoms with Crippen LogP contribution in [0.1, 0.15) is 25.0 Å². The summed E-state index contributed by atoms with van der Waals surface area (Å²) in [7, 11) is 0. The van der Waals surface area contributed by atoms with Crippen molar-refractivity contribution in [1.82, 2.24) is 0 Å². The van der Waals surface area contributed by atoms with Gasteiger partial charge < -0.3 is 0 Å². The van der Waals surface area contributed by atoms with E-state index in [2.05, 4.69) is 159 Å². The zero-order chi connectivity index (χ0) is 28.7. The van der Waals surface area contributed by atoms with E-state index in [1.807, 2.05) is 0 Å². The fourth-order valence-electron chi connectivity index (χ4n) is 7.66. The maximum atomic E-state index is 2.46. The van der Waals surface area contributed by atoms with E-state index in [1.54, 1.807) is 0 Å². The van der Waals surface area contributed by atoms with E-state index in [9.17, 15) is 0 Å². The minimum absolute atomic E-state index is 0.115. The second-order valence-electron chi connectivity index (χ2n) is 12.5. The molecule has 0 unspecified atom stereocenters. The van der Waals surface area contributed by atoms with Gasteiger partial charge in [0.2, 0.25) is 0 Å². The van der Waals surface area contributed by atoms with Crippen LogP contribution in [-0.4, -0.2) is 0 Å². The molecule has 0 nitrogen and oxygen atoms in total. The summed E-state index contributed by atoms with van der Waals surface area (Å²) in [5.41, 5.74) is 10.5. The van der Waals surface area contributed by atoms with Crippen LogP contribution in [0.4, 0.5) is 0 Å². The van der Waals surface area contributed by atoms with Gasteiger partial charge in [0.05, 0.1) is 0 Å². The van der Waals surface area contributed by atoms with Crippen LogP contribution in [0.15, 0.2) is 146 Å². The Balaban J connectivity index is 1.22. The summed E-state index contributed by atoms with van der Waals surface area (Å²) in [5, 5.41) is 10.4. The molecule has 202 valence electrons. The molecular formula is C43H30. The predicted molar refractivity (Wildman–Crippen MR) is 185 cm³/mol. The third kappa shape index (κ3) is 3.50. The monoisotopic (exact) mass is 546 g/mol. The highest BCUT2D eigenvalue weighted by molar-refractivity contribution is 6.15. The molecule has 0 saturated carbocycles. The molecule has 0 fully saturated rings. The molecule has 9 rings (SSSR count). The minimum atomic E-state index is -0.115. The van der Waals surface area contributed by atoms with Crippen molar-refractivity contribution in [3.8, 4) is 33.4 Å². The average molecular weight is 547 g/mol. The predicted octanol–water partition coefficient (Wildman–Crippen LogP) is 11.9. The van der Waals surface area contributed by atoms with Crippen molar-refractivity contribution >= 4 is 43.1 Å². The van der Waals surface area contributed by atoms with Crippen molar-refractivity contribution in [2.45, 2.75) is 19.3 Å². The molecule has 8 aromatic carbocycles. The zero-order valence-electron chi connectivity index (χ0n) is 24.4. The summed E-state index contributed by atoms with van der Waals surface area (Å²) in [6.07, 6.45) is 0. The van der Waals surface area contributed by atoms with Gasteiger partial charge in [0.1, 0.15) is 0 Å². The van der Waals surface area contributed by atoms with Crippen LogP contribution in [-0.2, 0) is 5.41 Å². The summed E-state index contributed by atoms with van der Waals surface area (Å²) < 4.78 is 0. The quantitative estimate of drug-likeness (QED) is 0.189. The third-order valence-corrected chi connectivity index (χ3v) is 9.83. The Morgan fingerprint density at radius 3 is 1.14 bits per heavy atom. The van der Waals surface area contributed by atoms with Gasteiger partial charge in [-0.2, -0.15) is 0 Å². The van der Waals surface area contributed by atoms with Crippen LogP contribution < -0.4 is 0 Å². The second kappa shape index (κ2) is 8.90. The Kier molecular flexibility index (Phi) is 5.05. The zero-order valence-corrected chi connectivity index (χ0v) is 24.4. The lowest BCUT2D eigenvalue weighted by molar-refractivity contribution is 0.661. The summed E-state index contributed by atoms with van der Waals surface area (Å²) in [4.78, 5) is 0. The second-order valence-corrected chi connectivity index (χ2v) is 12.5.